The lowest BCUT2D eigenvalue weighted by Gasteiger charge is -2.35. The summed E-state index contributed by atoms with van der Waals surface area (Å²) in [6.45, 7) is 15.4. The molecule has 0 spiro atoms. The zero-order valence-corrected chi connectivity index (χ0v) is 46.1. The van der Waals surface area contributed by atoms with Gasteiger partial charge in [-0.3, -0.25) is 28.7 Å². The third-order valence-electron chi connectivity index (χ3n) is 13.3. The summed E-state index contributed by atoms with van der Waals surface area (Å²) in [7, 11) is 0. The summed E-state index contributed by atoms with van der Waals surface area (Å²) < 4.78 is 13.3. The summed E-state index contributed by atoms with van der Waals surface area (Å²) in [6.07, 6.45) is -0.744. The Labute approximate surface area is 456 Å². The Morgan fingerprint density at radius 3 is 2.26 bits per heavy atom. The van der Waals surface area contributed by atoms with Gasteiger partial charge in [0.25, 0.3) is 0 Å². The van der Waals surface area contributed by atoms with Gasteiger partial charge in [-0.15, -0.1) is 32.9 Å². The molecule has 3 aromatic heterocycles. The maximum absolute atomic E-state index is 14.0. The minimum absolute atomic E-state index is 0.0316. The molecule has 0 aliphatic carbocycles. The van der Waals surface area contributed by atoms with Crippen molar-refractivity contribution in [1.29, 1.82) is 0 Å². The van der Waals surface area contributed by atoms with Crippen LogP contribution >= 0.6 is 34.3 Å². The van der Waals surface area contributed by atoms with E-state index in [9.17, 15) is 24.3 Å². The number of thiophene rings is 2. The molecule has 2 unspecified atom stereocenters. The van der Waals surface area contributed by atoms with Gasteiger partial charge in [-0.25, -0.2) is 0 Å². The molecular weight excluding hydrogens is 1020 g/mol. The third kappa shape index (κ3) is 13.1. The normalized spacial score (nSPS) is 16.6. The smallest absolute Gasteiger partial charge is 0.246 e. The van der Waals surface area contributed by atoms with Gasteiger partial charge in [-0.1, -0.05) is 86.8 Å². The van der Waals surface area contributed by atoms with E-state index in [0.29, 0.717) is 16.6 Å². The SMILES string of the molecule is Cc1ccsc1-c1ccc(CNC(=O)C2C[C@@H](O)CN2C(=O)C(NC(=O)COCC#CC#CCOc2ccc([C@@H](C)NC(=O)C[C@@H]3N=C(c4ccc(Cl)cc4)c4c(sc(C)c4C)-n4c(C)nnc43)cc2)C(C)(C)C)cc1. The summed E-state index contributed by atoms with van der Waals surface area (Å²) in [4.78, 5) is 63.1. The molecule has 8 rings (SSSR count). The first kappa shape index (κ1) is 55.1. The molecular formula is C58H61ClN8O7S2. The Kier molecular flexibility index (Phi) is 17.6. The number of nitrogens with one attached hydrogen (secondary N) is 3. The molecule has 1 fully saturated rings. The van der Waals surface area contributed by atoms with Crippen molar-refractivity contribution in [3.8, 4) is 44.9 Å². The number of aromatic nitrogens is 3. The molecule has 2 aliphatic heterocycles. The monoisotopic (exact) mass is 1080 g/mol. The van der Waals surface area contributed by atoms with E-state index in [-0.39, 0.29) is 63.6 Å². The molecule has 394 valence electrons. The van der Waals surface area contributed by atoms with E-state index < -0.39 is 41.5 Å². The number of aliphatic hydroxyl groups is 1. The highest BCUT2D eigenvalue weighted by atomic mass is 35.5. The van der Waals surface area contributed by atoms with Gasteiger partial charge in [0.05, 0.1) is 24.3 Å². The minimum atomic E-state index is -0.997. The highest BCUT2D eigenvalue weighted by Gasteiger charge is 2.44. The fourth-order valence-electron chi connectivity index (χ4n) is 9.09. The molecule has 5 atom stereocenters. The zero-order chi connectivity index (χ0) is 54.3. The van der Waals surface area contributed by atoms with E-state index in [4.69, 9.17) is 26.1 Å². The van der Waals surface area contributed by atoms with Crippen molar-refractivity contribution in [1.82, 2.24) is 35.6 Å². The number of fused-ring (bicyclic) bond motifs is 3. The predicted octanol–water partition coefficient (Wildman–Crippen LogP) is 8.32. The van der Waals surface area contributed by atoms with E-state index in [1.54, 1.807) is 22.7 Å². The topological polar surface area (TPSA) is 189 Å². The molecule has 76 heavy (non-hydrogen) atoms. The predicted molar refractivity (Wildman–Crippen MR) is 297 cm³/mol. The molecule has 1 saturated heterocycles. The molecule has 2 aliphatic rings. The Bertz CT molecular complexity index is 3260. The van der Waals surface area contributed by atoms with Crippen molar-refractivity contribution in [2.24, 2.45) is 10.4 Å². The number of hydrogen-bond donors (Lipinski definition) is 4. The van der Waals surface area contributed by atoms with Gasteiger partial charge in [0.1, 0.15) is 54.5 Å². The number of aryl methyl sites for hydroxylation is 3. The lowest BCUT2D eigenvalue weighted by atomic mass is 9.85. The number of carbonyl (C=O) groups excluding carboxylic acids is 4. The maximum Gasteiger partial charge on any atom is 0.246 e. The molecule has 5 heterocycles. The second kappa shape index (κ2) is 24.3. The number of benzene rings is 3. The van der Waals surface area contributed by atoms with Crippen LogP contribution in [0.25, 0.3) is 15.4 Å². The first-order valence-electron chi connectivity index (χ1n) is 25.0. The van der Waals surface area contributed by atoms with E-state index >= 15 is 0 Å². The zero-order valence-electron chi connectivity index (χ0n) is 43.7. The van der Waals surface area contributed by atoms with Gasteiger partial charge in [0.2, 0.25) is 23.6 Å². The Morgan fingerprint density at radius 2 is 1.58 bits per heavy atom. The number of nitrogens with zero attached hydrogens (tertiary/aromatic N) is 5. The van der Waals surface area contributed by atoms with Crippen LogP contribution in [0.4, 0.5) is 0 Å². The quantitative estimate of drug-likeness (QED) is 0.0546. The molecule has 4 N–H and O–H groups in total. The molecule has 3 aromatic carbocycles. The molecule has 18 heteroatoms. The van der Waals surface area contributed by atoms with E-state index in [0.717, 1.165) is 54.8 Å². The van der Waals surface area contributed by atoms with Crippen LogP contribution in [0.1, 0.15) is 103 Å². The number of ether oxygens (including phenoxy) is 2. The Balaban J connectivity index is 0.773. The lowest BCUT2D eigenvalue weighted by Crippen LogP contribution is -2.58. The van der Waals surface area contributed by atoms with Crippen LogP contribution in [0.15, 0.2) is 89.2 Å². The van der Waals surface area contributed by atoms with Crippen LogP contribution < -0.4 is 20.7 Å². The number of aliphatic hydroxyl groups excluding tert-OH is 1. The number of likely N-dealkylation sites (tertiary alicyclic amines) is 1. The number of hydrogen-bond acceptors (Lipinski definition) is 12. The van der Waals surface area contributed by atoms with Gasteiger partial charge >= 0.3 is 0 Å². The van der Waals surface area contributed by atoms with Crippen LogP contribution in [0.5, 0.6) is 5.75 Å². The highest BCUT2D eigenvalue weighted by Crippen LogP contribution is 2.40. The molecule has 6 aromatic rings. The van der Waals surface area contributed by atoms with E-state index in [2.05, 4.69) is 82.0 Å². The van der Waals surface area contributed by atoms with Crippen molar-refractivity contribution in [2.45, 2.75) is 105 Å². The average molecular weight is 1080 g/mol. The molecule has 15 nitrogen and oxygen atoms in total. The standard InChI is InChI=1S/C58H61ClN8O7S2/c1-34-25-28-75-52(34)42-15-13-39(14-16-42)31-60-55(71)47-29-44(68)32-66(47)56(72)53(58(6,7)8)63-49(70)33-73-26-11-9-10-12-27-74-45-23-19-40(20-24-45)36(3)61-48(69)30-46-54-65-64-38(5)67(54)57-50(35(2)37(4)76-57)51(62-46)41-17-21-43(59)22-18-41/h13-25,28,36,44,46-47,53,68H,26-27,29-33H2,1-8H3,(H,60,71)(H,61,69)(H,63,70)/t36-,44-,46+,47?,53?/m1/s1. The number of aliphatic imine (C=N–C) groups is 1. The summed E-state index contributed by atoms with van der Waals surface area (Å²) in [5.74, 6) is 11.3. The van der Waals surface area contributed by atoms with Gasteiger partial charge in [0.15, 0.2) is 5.82 Å². The Morgan fingerprint density at radius 1 is 0.882 bits per heavy atom. The maximum atomic E-state index is 14.0. The van der Waals surface area contributed by atoms with Crippen molar-refractivity contribution in [2.75, 3.05) is 26.4 Å². The lowest BCUT2D eigenvalue weighted by molar-refractivity contribution is -0.144. The van der Waals surface area contributed by atoms with Crippen molar-refractivity contribution in [3.63, 3.8) is 0 Å². The fourth-order valence-corrected chi connectivity index (χ4v) is 11.4. The third-order valence-corrected chi connectivity index (χ3v) is 15.8. The number of amides is 4. The summed E-state index contributed by atoms with van der Waals surface area (Å²) in [5, 5.41) is 32.0. The molecule has 0 bridgehead atoms. The minimum Gasteiger partial charge on any atom is -0.481 e. The van der Waals surface area contributed by atoms with Crippen LogP contribution in [0.3, 0.4) is 0 Å². The van der Waals surface area contributed by atoms with Crippen molar-refractivity contribution < 1.29 is 33.8 Å². The second-order valence-corrected chi connectivity index (χ2v) is 22.5. The number of carbonyl (C=O) groups is 4. The van der Waals surface area contributed by atoms with Gasteiger partial charge in [0, 0.05) is 45.4 Å². The Hall–Kier alpha value is -7.12. The first-order chi connectivity index (χ1) is 36.4. The molecule has 0 saturated carbocycles. The molecule has 4 amide bonds. The number of rotatable bonds is 16. The van der Waals surface area contributed by atoms with Crippen LogP contribution in [0.2, 0.25) is 5.02 Å². The van der Waals surface area contributed by atoms with Gasteiger partial charge < -0.3 is 35.4 Å². The van der Waals surface area contributed by atoms with Crippen molar-refractivity contribution in [3.05, 3.63) is 139 Å². The first-order valence-corrected chi connectivity index (χ1v) is 27.0. The summed E-state index contributed by atoms with van der Waals surface area (Å²) >= 11 is 9.60. The number of halogens is 1. The van der Waals surface area contributed by atoms with E-state index in [1.165, 1.54) is 15.3 Å². The van der Waals surface area contributed by atoms with Crippen LogP contribution in [-0.2, 0) is 30.5 Å². The largest absolute Gasteiger partial charge is 0.481 e. The van der Waals surface area contributed by atoms with Gasteiger partial charge in [-0.05, 0) is 121 Å². The summed E-state index contributed by atoms with van der Waals surface area (Å²) in [6, 6.07) is 22.2. The molecule has 0 radical (unpaired) electrons. The average Bonchev–Trinajstić information content (AvgIpc) is 4.16. The van der Waals surface area contributed by atoms with Crippen LogP contribution in [0, 0.1) is 56.8 Å². The van der Waals surface area contributed by atoms with Crippen LogP contribution in [-0.4, -0.2) is 98.7 Å². The van der Waals surface area contributed by atoms with Crippen molar-refractivity contribution >= 4 is 63.6 Å². The van der Waals surface area contributed by atoms with E-state index in [1.807, 2.05) is 112 Å². The fraction of sp³-hybridized carbons (Fsp3) is 0.362. The van der Waals surface area contributed by atoms with Gasteiger partial charge in [-0.2, -0.15) is 0 Å². The number of β-amino-alcohol motifs (C(OH)–C–C–N with tert-alkyl or cyclic N) is 1. The second-order valence-electron chi connectivity index (χ2n) is 20.0. The summed E-state index contributed by atoms with van der Waals surface area (Å²) in [5.41, 5.74) is 7.15. The highest BCUT2D eigenvalue weighted by molar-refractivity contribution is 7.15.